The van der Waals surface area contributed by atoms with E-state index in [1.807, 2.05) is 51.2 Å². The number of likely N-dealkylation sites (tertiary alicyclic amines) is 1. The maximum Gasteiger partial charge on any atom is 0.291 e. The van der Waals surface area contributed by atoms with Crippen LogP contribution < -0.4 is 10.6 Å². The van der Waals surface area contributed by atoms with Crippen LogP contribution >= 0.6 is 15.9 Å². The van der Waals surface area contributed by atoms with Gasteiger partial charge in [-0.25, -0.2) is 0 Å². The molecule has 0 saturated carbocycles. The minimum atomic E-state index is -1.07. The number of nitrogens with zero attached hydrogens (tertiary/aromatic N) is 1. The first kappa shape index (κ1) is 16.7. The lowest BCUT2D eigenvalue weighted by Gasteiger charge is -2.33. The normalized spacial score (nSPS) is 33.9. The summed E-state index contributed by atoms with van der Waals surface area (Å²) in [6.45, 7) is 7.48. The second kappa shape index (κ2) is 4.92. The van der Waals surface area contributed by atoms with E-state index >= 15 is 0 Å². The number of hydrogen-bond donors (Lipinski definition) is 2. The summed E-state index contributed by atoms with van der Waals surface area (Å²) in [5, 5.41) is 4.81. The Morgan fingerprint density at radius 2 is 1.88 bits per heavy atom. The van der Waals surface area contributed by atoms with Crippen molar-refractivity contribution in [1.29, 1.82) is 0 Å². The first-order chi connectivity index (χ1) is 11.6. The molecule has 1 spiro atoms. The number of benzene rings is 1. The Morgan fingerprint density at radius 3 is 2.52 bits per heavy atom. The number of hydrogen-bond acceptors (Lipinski definition) is 3. The number of nitrogens with one attached hydrogen (secondary N) is 1. The Hall–Kier alpha value is -1.73. The summed E-state index contributed by atoms with van der Waals surface area (Å²) in [4.78, 5) is 40.7. The van der Waals surface area contributed by atoms with Crippen LogP contribution in [0, 0.1) is 11.8 Å². The van der Waals surface area contributed by atoms with Gasteiger partial charge in [0.15, 0.2) is 0 Å². The zero-order chi connectivity index (χ0) is 18.3. The molecule has 4 rings (SSSR count). The van der Waals surface area contributed by atoms with E-state index in [4.69, 9.17) is 0 Å². The Kier molecular flexibility index (Phi) is 3.29. The molecule has 0 aliphatic carbocycles. The molecule has 6 nitrogen and oxygen atoms in total. The largest absolute Gasteiger partial charge is 0.326 e. The number of halogens is 1. The first-order valence-corrected chi connectivity index (χ1v) is 9.24. The smallest absolute Gasteiger partial charge is 0.291 e. The minimum Gasteiger partial charge on any atom is -0.326 e. The SMILES string of the molecule is C[C@@H]1[NH2+][C@@]2(C(=O)Nc3ccc(Br)cc32)[C@@H]2C(=O)N(C(C)(C)C)C(=O)[C@H]12. The highest BCUT2D eigenvalue weighted by Crippen LogP contribution is 2.50. The van der Waals surface area contributed by atoms with Crippen molar-refractivity contribution in [3.05, 3.63) is 28.2 Å². The summed E-state index contributed by atoms with van der Waals surface area (Å²) in [5.41, 5.74) is -0.181. The van der Waals surface area contributed by atoms with Gasteiger partial charge in [0.1, 0.15) is 11.8 Å². The van der Waals surface area contributed by atoms with Crippen molar-refractivity contribution in [2.24, 2.45) is 11.8 Å². The fraction of sp³-hybridized carbons (Fsp3) is 0.500. The molecule has 0 radical (unpaired) electrons. The van der Waals surface area contributed by atoms with Crippen molar-refractivity contribution in [3.8, 4) is 0 Å². The zero-order valence-corrected chi connectivity index (χ0v) is 16.2. The summed E-state index contributed by atoms with van der Waals surface area (Å²) >= 11 is 3.46. The van der Waals surface area contributed by atoms with E-state index in [-0.39, 0.29) is 23.8 Å². The van der Waals surface area contributed by atoms with Crippen molar-refractivity contribution in [2.45, 2.75) is 44.8 Å². The van der Waals surface area contributed by atoms with E-state index in [1.165, 1.54) is 4.90 Å². The maximum atomic E-state index is 13.3. The molecule has 1 aromatic rings. The van der Waals surface area contributed by atoms with Crippen LogP contribution in [0.2, 0.25) is 0 Å². The molecule has 1 aromatic carbocycles. The standard InChI is InChI=1S/C18H20BrN3O3/c1-8-12-13(15(24)22(14(12)23)17(2,3)4)18(21-8)10-7-9(19)5-6-11(10)20-16(18)25/h5-8,12-13,21H,1-4H3,(H,20,25)/p+1/t8-,12+,13-,18+/m0/s1. The van der Waals surface area contributed by atoms with Gasteiger partial charge in [-0.3, -0.25) is 19.3 Å². The van der Waals surface area contributed by atoms with Gasteiger partial charge < -0.3 is 10.6 Å². The second-order valence-corrected chi connectivity index (χ2v) is 9.14. The Morgan fingerprint density at radius 1 is 1.20 bits per heavy atom. The van der Waals surface area contributed by atoms with Gasteiger partial charge in [0.05, 0.1) is 11.7 Å². The zero-order valence-electron chi connectivity index (χ0n) is 14.6. The molecular weight excluding hydrogens is 386 g/mol. The lowest BCUT2D eigenvalue weighted by atomic mass is 9.76. The van der Waals surface area contributed by atoms with E-state index in [0.29, 0.717) is 5.69 Å². The summed E-state index contributed by atoms with van der Waals surface area (Å²) in [6.07, 6.45) is 0. The molecule has 3 amide bonds. The third-order valence-electron chi connectivity index (χ3n) is 5.66. The van der Waals surface area contributed by atoms with E-state index in [9.17, 15) is 14.4 Å². The van der Waals surface area contributed by atoms with E-state index in [0.717, 1.165) is 10.0 Å². The van der Waals surface area contributed by atoms with E-state index < -0.39 is 22.9 Å². The molecule has 3 heterocycles. The van der Waals surface area contributed by atoms with Crippen molar-refractivity contribution in [3.63, 3.8) is 0 Å². The van der Waals surface area contributed by atoms with Gasteiger partial charge >= 0.3 is 0 Å². The Bertz CT molecular complexity index is 831. The van der Waals surface area contributed by atoms with Crippen molar-refractivity contribution < 1.29 is 19.7 Å². The highest BCUT2D eigenvalue weighted by molar-refractivity contribution is 9.10. The third-order valence-corrected chi connectivity index (χ3v) is 6.15. The highest BCUT2D eigenvalue weighted by Gasteiger charge is 2.74. The molecule has 0 aromatic heterocycles. The molecule has 4 atom stereocenters. The summed E-state index contributed by atoms with van der Waals surface area (Å²) in [5.74, 6) is -1.78. The van der Waals surface area contributed by atoms with Crippen LogP contribution in [0.3, 0.4) is 0 Å². The summed E-state index contributed by atoms with van der Waals surface area (Å²) in [7, 11) is 0. The lowest BCUT2D eigenvalue weighted by Crippen LogP contribution is -2.98. The highest BCUT2D eigenvalue weighted by atomic mass is 79.9. The molecular formula is C18H21BrN3O3+. The van der Waals surface area contributed by atoms with E-state index in [1.54, 1.807) is 0 Å². The molecule has 132 valence electrons. The fourth-order valence-electron chi connectivity index (χ4n) is 4.77. The second-order valence-electron chi connectivity index (χ2n) is 8.22. The van der Waals surface area contributed by atoms with Crippen molar-refractivity contribution in [2.75, 3.05) is 5.32 Å². The number of imide groups is 1. The first-order valence-electron chi connectivity index (χ1n) is 8.44. The van der Waals surface area contributed by atoms with Crippen LogP contribution in [0.5, 0.6) is 0 Å². The fourth-order valence-corrected chi connectivity index (χ4v) is 5.13. The maximum absolute atomic E-state index is 13.3. The predicted octanol–water partition coefficient (Wildman–Crippen LogP) is 0.962. The molecule has 0 unspecified atom stereocenters. The average molecular weight is 407 g/mol. The van der Waals surface area contributed by atoms with Gasteiger partial charge in [-0.1, -0.05) is 15.9 Å². The van der Waals surface area contributed by atoms with Crippen molar-refractivity contribution >= 4 is 39.3 Å². The van der Waals surface area contributed by atoms with Gasteiger partial charge in [0.2, 0.25) is 17.4 Å². The van der Waals surface area contributed by atoms with Crippen LogP contribution in [-0.2, 0) is 19.9 Å². The third kappa shape index (κ3) is 1.96. The average Bonchev–Trinajstić information content (AvgIpc) is 3.04. The monoisotopic (exact) mass is 406 g/mol. The number of rotatable bonds is 0. The van der Waals surface area contributed by atoms with Crippen LogP contribution in [0.4, 0.5) is 5.69 Å². The molecule has 2 fully saturated rings. The summed E-state index contributed by atoms with van der Waals surface area (Å²) in [6, 6.07) is 5.43. The van der Waals surface area contributed by atoms with Gasteiger partial charge in [-0.05, 0) is 45.9 Å². The van der Waals surface area contributed by atoms with E-state index in [2.05, 4.69) is 21.2 Å². The number of anilines is 1. The Labute approximate surface area is 154 Å². The van der Waals surface area contributed by atoms with Crippen LogP contribution in [0.1, 0.15) is 33.3 Å². The molecule has 2 saturated heterocycles. The Balaban J connectivity index is 1.92. The van der Waals surface area contributed by atoms with Crippen LogP contribution in [0.25, 0.3) is 0 Å². The number of amides is 3. The number of nitrogens with two attached hydrogens (primary N) is 1. The molecule has 3 aliphatic rings. The van der Waals surface area contributed by atoms with Crippen molar-refractivity contribution in [1.82, 2.24) is 4.90 Å². The molecule has 7 heteroatoms. The lowest BCUT2D eigenvalue weighted by molar-refractivity contribution is -0.730. The number of quaternary nitrogens is 1. The number of fused-ring (bicyclic) bond motifs is 4. The van der Waals surface area contributed by atoms with Gasteiger partial charge in [0.25, 0.3) is 5.91 Å². The number of carbonyl (C=O) groups excluding carboxylic acids is 3. The quantitative estimate of drug-likeness (QED) is 0.629. The van der Waals surface area contributed by atoms with Crippen LogP contribution in [-0.4, -0.2) is 34.2 Å². The van der Waals surface area contributed by atoms with Gasteiger partial charge in [0, 0.05) is 15.6 Å². The molecule has 3 N–H and O–H groups in total. The minimum absolute atomic E-state index is 0.149. The molecule has 3 aliphatic heterocycles. The molecule has 0 bridgehead atoms. The van der Waals surface area contributed by atoms with Gasteiger partial charge in [-0.15, -0.1) is 0 Å². The van der Waals surface area contributed by atoms with Gasteiger partial charge in [-0.2, -0.15) is 0 Å². The van der Waals surface area contributed by atoms with Crippen LogP contribution in [0.15, 0.2) is 22.7 Å². The molecule has 25 heavy (non-hydrogen) atoms. The number of carbonyl (C=O) groups is 3. The topological polar surface area (TPSA) is 83.1 Å². The predicted molar refractivity (Wildman–Crippen MR) is 94.4 cm³/mol. The summed E-state index contributed by atoms with van der Waals surface area (Å²) < 4.78 is 0.844.